The number of rotatable bonds is 4. The Morgan fingerprint density at radius 3 is 2.41 bits per heavy atom. The van der Waals surface area contributed by atoms with Gasteiger partial charge in [0.05, 0.1) is 4.90 Å². The summed E-state index contributed by atoms with van der Waals surface area (Å²) in [7, 11) is -3.17. The molecule has 1 rings (SSSR count). The minimum Gasteiger partial charge on any atom is -0.343 e. The number of benzene rings is 1. The van der Waals surface area contributed by atoms with Gasteiger partial charge in [-0.05, 0) is 24.1 Å². The molecule has 1 amide bonds. The van der Waals surface area contributed by atoms with Crippen molar-refractivity contribution in [3.63, 3.8) is 0 Å². The first-order valence-corrected chi connectivity index (χ1v) is 6.79. The number of hydrogen-bond acceptors (Lipinski definition) is 4. The summed E-state index contributed by atoms with van der Waals surface area (Å²) in [4.78, 5) is 10.9. The van der Waals surface area contributed by atoms with Crippen molar-refractivity contribution in [3.8, 4) is 6.07 Å². The van der Waals surface area contributed by atoms with Gasteiger partial charge in [0.25, 0.3) is 0 Å². The van der Waals surface area contributed by atoms with Crippen molar-refractivity contribution in [1.29, 1.82) is 5.26 Å². The lowest BCUT2D eigenvalue weighted by atomic mass is 10.1. The van der Waals surface area contributed by atoms with Crippen LogP contribution >= 0.6 is 0 Å². The zero-order valence-corrected chi connectivity index (χ0v) is 10.1. The minimum atomic E-state index is -3.17. The molecule has 0 aromatic heterocycles. The number of nitrogens with one attached hydrogen (secondary N) is 1. The third-order valence-corrected chi connectivity index (χ3v) is 3.28. The van der Waals surface area contributed by atoms with Gasteiger partial charge in [-0.25, -0.2) is 8.42 Å². The van der Waals surface area contributed by atoms with Crippen molar-refractivity contribution in [2.45, 2.75) is 11.3 Å². The minimum absolute atomic E-state index is 0.266. The Kier molecular flexibility index (Phi) is 4.24. The first-order chi connectivity index (χ1) is 7.93. The molecule has 0 spiro atoms. The van der Waals surface area contributed by atoms with Gasteiger partial charge < -0.3 is 5.32 Å². The molecule has 0 bridgehead atoms. The molecule has 0 fully saturated rings. The topological polar surface area (TPSA) is 87.0 Å². The van der Waals surface area contributed by atoms with Crippen LogP contribution in [0.3, 0.4) is 0 Å². The molecule has 1 aromatic rings. The summed E-state index contributed by atoms with van der Waals surface area (Å²) in [6, 6.07) is 7.88. The lowest BCUT2D eigenvalue weighted by Gasteiger charge is -2.03. The number of carbonyl (C=O) groups is 1. The molecule has 0 aliphatic rings. The molecule has 1 N–H and O–H groups in total. The van der Waals surface area contributed by atoms with E-state index in [1.807, 2.05) is 0 Å². The lowest BCUT2D eigenvalue weighted by molar-refractivity contribution is -0.115. The number of sulfone groups is 1. The summed E-state index contributed by atoms with van der Waals surface area (Å²) >= 11 is 0. The van der Waals surface area contributed by atoms with Crippen LogP contribution in [-0.4, -0.2) is 27.1 Å². The van der Waals surface area contributed by atoms with Gasteiger partial charge in [-0.15, -0.1) is 0 Å². The smallest absolute Gasteiger partial charge is 0.322 e. The predicted octanol–water partition coefficient (Wildman–Crippen LogP) is 0.272. The van der Waals surface area contributed by atoms with Crippen LogP contribution in [0, 0.1) is 11.3 Å². The molecule has 5 nitrogen and oxygen atoms in total. The van der Waals surface area contributed by atoms with Crippen LogP contribution in [0.5, 0.6) is 0 Å². The van der Waals surface area contributed by atoms with Gasteiger partial charge in [-0.2, -0.15) is 5.26 Å². The van der Waals surface area contributed by atoms with Gasteiger partial charge in [0.2, 0.25) is 0 Å². The Morgan fingerprint density at radius 2 is 1.94 bits per heavy atom. The maximum Gasteiger partial charge on any atom is 0.322 e. The molecule has 0 atom stereocenters. The van der Waals surface area contributed by atoms with Crippen LogP contribution in [0.2, 0.25) is 0 Å². The molecule has 90 valence electrons. The van der Waals surface area contributed by atoms with Gasteiger partial charge in [0, 0.05) is 12.8 Å². The highest BCUT2D eigenvalue weighted by atomic mass is 32.2. The van der Waals surface area contributed by atoms with Crippen LogP contribution in [0.1, 0.15) is 5.56 Å². The van der Waals surface area contributed by atoms with E-state index in [9.17, 15) is 13.2 Å². The summed E-state index contributed by atoms with van der Waals surface area (Å²) in [6.45, 7) is 0.352. The van der Waals surface area contributed by atoms with Crippen molar-refractivity contribution in [2.75, 3.05) is 12.8 Å². The van der Waals surface area contributed by atoms with E-state index in [0.29, 0.717) is 13.0 Å². The number of nitrogens with zero attached hydrogens (tertiary/aromatic N) is 1. The molecule has 1 aromatic carbocycles. The Balaban J connectivity index is 2.58. The normalized spacial score (nSPS) is 10.6. The van der Waals surface area contributed by atoms with E-state index >= 15 is 0 Å². The van der Waals surface area contributed by atoms with Crippen LogP contribution in [0.25, 0.3) is 0 Å². The fourth-order valence-corrected chi connectivity index (χ4v) is 1.89. The van der Waals surface area contributed by atoms with Gasteiger partial charge in [-0.1, -0.05) is 12.1 Å². The van der Waals surface area contributed by atoms with Gasteiger partial charge in [0.15, 0.2) is 15.9 Å². The second-order valence-electron chi connectivity index (χ2n) is 3.53. The monoisotopic (exact) mass is 252 g/mol. The van der Waals surface area contributed by atoms with Crippen molar-refractivity contribution in [1.82, 2.24) is 5.32 Å². The van der Waals surface area contributed by atoms with Crippen LogP contribution in [0.4, 0.5) is 0 Å². The molecule has 0 heterocycles. The highest BCUT2D eigenvalue weighted by Crippen LogP contribution is 2.10. The quantitative estimate of drug-likeness (QED) is 0.779. The summed E-state index contributed by atoms with van der Waals surface area (Å²) < 4.78 is 22.4. The van der Waals surface area contributed by atoms with E-state index in [0.717, 1.165) is 11.8 Å². The number of carbonyl (C=O) groups excluding carboxylic acids is 1. The highest BCUT2D eigenvalue weighted by Gasteiger charge is 2.06. The zero-order chi connectivity index (χ0) is 12.9. The van der Waals surface area contributed by atoms with Crippen LogP contribution in [-0.2, 0) is 21.1 Å². The van der Waals surface area contributed by atoms with Gasteiger partial charge in [-0.3, -0.25) is 4.79 Å². The van der Waals surface area contributed by atoms with E-state index in [2.05, 4.69) is 5.32 Å². The van der Waals surface area contributed by atoms with Crippen molar-refractivity contribution < 1.29 is 13.2 Å². The van der Waals surface area contributed by atoms with E-state index < -0.39 is 15.7 Å². The zero-order valence-electron chi connectivity index (χ0n) is 9.30. The third kappa shape index (κ3) is 4.25. The highest BCUT2D eigenvalue weighted by molar-refractivity contribution is 7.90. The van der Waals surface area contributed by atoms with Gasteiger partial charge in [0.1, 0.15) is 0 Å². The van der Waals surface area contributed by atoms with E-state index in [4.69, 9.17) is 5.26 Å². The molecule has 17 heavy (non-hydrogen) atoms. The summed E-state index contributed by atoms with van der Waals surface area (Å²) in [5.74, 6) is -0.669. The fourth-order valence-electron chi connectivity index (χ4n) is 1.26. The van der Waals surface area contributed by atoms with E-state index in [1.54, 1.807) is 12.1 Å². The maximum atomic E-state index is 11.2. The van der Waals surface area contributed by atoms with Crippen molar-refractivity contribution in [2.24, 2.45) is 0 Å². The van der Waals surface area contributed by atoms with Crippen LogP contribution < -0.4 is 5.32 Å². The fraction of sp³-hybridized carbons (Fsp3) is 0.273. The third-order valence-electron chi connectivity index (χ3n) is 2.15. The molecular formula is C11H12N2O3S. The number of amides is 1. The van der Waals surface area contributed by atoms with Crippen molar-refractivity contribution in [3.05, 3.63) is 29.8 Å². The van der Waals surface area contributed by atoms with Crippen molar-refractivity contribution >= 4 is 15.7 Å². The molecule has 6 heteroatoms. The number of hydrogen-bond donors (Lipinski definition) is 1. The van der Waals surface area contributed by atoms with E-state index in [1.165, 1.54) is 18.2 Å². The summed E-state index contributed by atoms with van der Waals surface area (Å²) in [5, 5.41) is 10.6. The predicted molar refractivity (Wildman–Crippen MR) is 61.9 cm³/mol. The lowest BCUT2D eigenvalue weighted by Crippen LogP contribution is -2.23. The first kappa shape index (κ1) is 13.2. The molecule has 0 saturated heterocycles. The SMILES string of the molecule is CS(=O)(=O)c1ccc(CCNC(=O)C#N)cc1. The average Bonchev–Trinajstić information content (AvgIpc) is 2.28. The summed E-state index contributed by atoms with van der Waals surface area (Å²) in [6.07, 6.45) is 1.70. The van der Waals surface area contributed by atoms with Crippen LogP contribution in [0.15, 0.2) is 29.2 Å². The molecule has 0 saturated carbocycles. The second-order valence-corrected chi connectivity index (χ2v) is 5.55. The molecular weight excluding hydrogens is 240 g/mol. The second kappa shape index (κ2) is 5.46. The molecule has 0 aliphatic heterocycles. The first-order valence-electron chi connectivity index (χ1n) is 4.90. The summed E-state index contributed by atoms with van der Waals surface area (Å²) in [5.41, 5.74) is 0.899. The maximum absolute atomic E-state index is 11.2. The standard InChI is InChI=1S/C11H12N2O3S/c1-17(15,16)10-4-2-9(3-5-10)6-7-13-11(14)8-12/h2-5H,6-7H2,1H3,(H,13,14). The van der Waals surface area contributed by atoms with Gasteiger partial charge >= 0.3 is 5.91 Å². The Labute approximate surface area is 100.0 Å². The molecule has 0 radical (unpaired) electrons. The molecule has 0 aliphatic carbocycles. The van der Waals surface area contributed by atoms with E-state index in [-0.39, 0.29) is 4.90 Å². The Bertz CT molecular complexity index is 541. The number of nitriles is 1. The Hall–Kier alpha value is -1.87. The largest absolute Gasteiger partial charge is 0.343 e. The Morgan fingerprint density at radius 1 is 1.35 bits per heavy atom. The average molecular weight is 252 g/mol. The molecule has 0 unspecified atom stereocenters.